The van der Waals surface area contributed by atoms with Crippen LogP contribution in [0.4, 0.5) is 0 Å². The van der Waals surface area contributed by atoms with E-state index in [1.807, 2.05) is 12.1 Å². The van der Waals surface area contributed by atoms with E-state index in [4.69, 9.17) is 25.8 Å². The molecule has 18 heavy (non-hydrogen) atoms. The topological polar surface area (TPSA) is 44.8 Å². The van der Waals surface area contributed by atoms with Crippen molar-refractivity contribution >= 4 is 16.8 Å². The maximum absolute atomic E-state index is 11.2. The lowest BCUT2D eigenvalue weighted by molar-refractivity contribution is -0.116. The van der Waals surface area contributed by atoms with Gasteiger partial charge in [0.05, 0.1) is 26.7 Å². The minimum absolute atomic E-state index is 0.302. The van der Waals surface area contributed by atoms with Crippen LogP contribution in [0.25, 0.3) is 0 Å². The number of carbonyl (C=O) groups is 1. The summed E-state index contributed by atoms with van der Waals surface area (Å²) >= 11 is 5.53. The van der Waals surface area contributed by atoms with E-state index < -0.39 is 5.24 Å². The van der Waals surface area contributed by atoms with E-state index >= 15 is 0 Å². The number of halogens is 1. The zero-order chi connectivity index (χ0) is 13.5. The van der Waals surface area contributed by atoms with Crippen molar-refractivity contribution in [2.45, 2.75) is 6.42 Å². The van der Waals surface area contributed by atoms with E-state index in [1.54, 1.807) is 27.4 Å². The molecule has 0 saturated heterocycles. The Labute approximate surface area is 112 Å². The first kappa shape index (κ1) is 14.8. The van der Waals surface area contributed by atoms with Crippen molar-refractivity contribution < 1.29 is 19.0 Å². The van der Waals surface area contributed by atoms with E-state index in [0.29, 0.717) is 24.5 Å². The highest BCUT2D eigenvalue weighted by molar-refractivity contribution is 6.64. The Bertz CT molecular complexity index is 406. The zero-order valence-electron chi connectivity index (χ0n) is 10.7. The van der Waals surface area contributed by atoms with Crippen LogP contribution >= 0.6 is 11.6 Å². The molecule has 1 atom stereocenters. The van der Waals surface area contributed by atoms with Crippen LogP contribution in [0.5, 0.6) is 11.5 Å². The molecule has 1 rings (SSSR count). The summed E-state index contributed by atoms with van der Waals surface area (Å²) in [4.78, 5) is 11.2. The molecule has 0 radical (unpaired) electrons. The highest BCUT2D eigenvalue weighted by atomic mass is 35.5. The second-order valence-corrected chi connectivity index (χ2v) is 4.22. The quantitative estimate of drug-likeness (QED) is 0.715. The van der Waals surface area contributed by atoms with Gasteiger partial charge in [-0.3, -0.25) is 4.79 Å². The Balaban J connectivity index is 2.86. The first-order chi connectivity index (χ1) is 8.62. The Morgan fingerprint density at radius 2 is 1.89 bits per heavy atom. The molecule has 100 valence electrons. The van der Waals surface area contributed by atoms with Gasteiger partial charge in [0.1, 0.15) is 0 Å². The monoisotopic (exact) mass is 272 g/mol. The third-order valence-electron chi connectivity index (χ3n) is 2.62. The molecule has 0 amide bonds. The van der Waals surface area contributed by atoms with Gasteiger partial charge in [-0.2, -0.15) is 0 Å². The lowest BCUT2D eigenvalue weighted by atomic mass is 10.0. The van der Waals surface area contributed by atoms with Crippen molar-refractivity contribution in [1.29, 1.82) is 0 Å². The minimum atomic E-state index is -0.397. The zero-order valence-corrected chi connectivity index (χ0v) is 11.5. The van der Waals surface area contributed by atoms with Crippen molar-refractivity contribution in [3.05, 3.63) is 23.8 Å². The van der Waals surface area contributed by atoms with Crippen LogP contribution in [-0.2, 0) is 16.0 Å². The predicted molar refractivity (Wildman–Crippen MR) is 69.5 cm³/mol. The fourth-order valence-corrected chi connectivity index (χ4v) is 1.84. The fourth-order valence-electron chi connectivity index (χ4n) is 1.70. The molecule has 0 spiro atoms. The van der Waals surface area contributed by atoms with Crippen LogP contribution in [0.2, 0.25) is 0 Å². The van der Waals surface area contributed by atoms with Crippen LogP contribution in [0.3, 0.4) is 0 Å². The Kier molecular flexibility index (Phi) is 5.95. The Morgan fingerprint density at radius 1 is 1.22 bits per heavy atom. The number of rotatable bonds is 7. The van der Waals surface area contributed by atoms with Gasteiger partial charge in [-0.1, -0.05) is 6.07 Å². The first-order valence-electron chi connectivity index (χ1n) is 5.51. The normalized spacial score (nSPS) is 12.0. The van der Waals surface area contributed by atoms with Gasteiger partial charge in [0.15, 0.2) is 11.5 Å². The van der Waals surface area contributed by atoms with Gasteiger partial charge in [0.2, 0.25) is 5.24 Å². The van der Waals surface area contributed by atoms with Gasteiger partial charge in [0.25, 0.3) is 0 Å². The third kappa shape index (κ3) is 3.89. The molecular formula is C13H17ClO4. The molecule has 0 aliphatic carbocycles. The second kappa shape index (κ2) is 7.24. The molecule has 1 unspecified atom stereocenters. The number of carbonyl (C=O) groups excluding carboxylic acids is 1. The molecule has 0 saturated carbocycles. The molecule has 4 nitrogen and oxygen atoms in total. The Morgan fingerprint density at radius 3 is 2.39 bits per heavy atom. The highest BCUT2D eigenvalue weighted by Crippen LogP contribution is 2.28. The molecule has 0 heterocycles. The van der Waals surface area contributed by atoms with Gasteiger partial charge in [0, 0.05) is 7.11 Å². The minimum Gasteiger partial charge on any atom is -0.493 e. The van der Waals surface area contributed by atoms with Crippen molar-refractivity contribution in [1.82, 2.24) is 0 Å². The molecule has 0 aliphatic rings. The van der Waals surface area contributed by atoms with Gasteiger partial charge in [-0.05, 0) is 35.7 Å². The third-order valence-corrected chi connectivity index (χ3v) is 2.93. The van der Waals surface area contributed by atoms with E-state index in [9.17, 15) is 4.79 Å². The summed E-state index contributed by atoms with van der Waals surface area (Å²) in [6.07, 6.45) is 0.510. The van der Waals surface area contributed by atoms with Crippen LogP contribution in [0.15, 0.2) is 18.2 Å². The van der Waals surface area contributed by atoms with Crippen molar-refractivity contribution in [3.63, 3.8) is 0 Å². The smallest absolute Gasteiger partial charge is 0.227 e. The van der Waals surface area contributed by atoms with Gasteiger partial charge in [-0.25, -0.2) is 0 Å². The first-order valence-corrected chi connectivity index (χ1v) is 5.89. The molecular weight excluding hydrogens is 256 g/mol. The molecule has 5 heteroatoms. The number of methoxy groups -OCH3 is 3. The fraction of sp³-hybridized carbons (Fsp3) is 0.462. The molecule has 0 aliphatic heterocycles. The Hall–Kier alpha value is -1.26. The molecule has 1 aromatic rings. The summed E-state index contributed by atoms with van der Waals surface area (Å²) in [5, 5.41) is -0.397. The van der Waals surface area contributed by atoms with E-state index in [-0.39, 0.29) is 5.92 Å². The molecule has 0 bridgehead atoms. The maximum atomic E-state index is 11.2. The van der Waals surface area contributed by atoms with Gasteiger partial charge >= 0.3 is 0 Å². The predicted octanol–water partition coefficient (Wildman–Crippen LogP) is 2.27. The van der Waals surface area contributed by atoms with E-state index in [1.165, 1.54) is 0 Å². The summed E-state index contributed by atoms with van der Waals surface area (Å²) in [7, 11) is 4.69. The van der Waals surface area contributed by atoms with Crippen molar-refractivity contribution in [2.75, 3.05) is 27.9 Å². The number of ether oxygens (including phenoxy) is 3. The average molecular weight is 273 g/mol. The number of benzene rings is 1. The summed E-state index contributed by atoms with van der Waals surface area (Å²) in [6, 6.07) is 5.52. The lowest BCUT2D eigenvalue weighted by Gasteiger charge is -2.13. The molecule has 0 fully saturated rings. The molecule has 1 aromatic carbocycles. The van der Waals surface area contributed by atoms with Crippen LogP contribution in [0, 0.1) is 5.92 Å². The summed E-state index contributed by atoms with van der Waals surface area (Å²) in [5.74, 6) is 0.935. The second-order valence-electron chi connectivity index (χ2n) is 3.85. The maximum Gasteiger partial charge on any atom is 0.227 e. The average Bonchev–Trinajstić information content (AvgIpc) is 2.37. The summed E-state index contributed by atoms with van der Waals surface area (Å²) in [6.45, 7) is 0.302. The highest BCUT2D eigenvalue weighted by Gasteiger charge is 2.17. The lowest BCUT2D eigenvalue weighted by Crippen LogP contribution is -2.18. The SMILES string of the molecule is COCC(Cc1ccc(OC)c(OC)c1)C(=O)Cl. The van der Waals surface area contributed by atoms with Crippen LogP contribution < -0.4 is 9.47 Å². The van der Waals surface area contributed by atoms with Gasteiger partial charge in [-0.15, -0.1) is 0 Å². The van der Waals surface area contributed by atoms with E-state index in [2.05, 4.69) is 0 Å². The summed E-state index contributed by atoms with van der Waals surface area (Å²) < 4.78 is 15.3. The van der Waals surface area contributed by atoms with E-state index in [0.717, 1.165) is 5.56 Å². The van der Waals surface area contributed by atoms with Crippen LogP contribution in [0.1, 0.15) is 5.56 Å². The number of hydrogen-bond acceptors (Lipinski definition) is 4. The molecule has 0 N–H and O–H groups in total. The number of hydrogen-bond donors (Lipinski definition) is 0. The summed E-state index contributed by atoms with van der Waals surface area (Å²) in [5.41, 5.74) is 0.948. The largest absolute Gasteiger partial charge is 0.493 e. The van der Waals surface area contributed by atoms with Crippen molar-refractivity contribution in [2.24, 2.45) is 5.92 Å². The standard InChI is InChI=1S/C13H17ClO4/c1-16-8-10(13(14)15)6-9-4-5-11(17-2)12(7-9)18-3/h4-5,7,10H,6,8H2,1-3H3. The van der Waals surface area contributed by atoms with Crippen molar-refractivity contribution in [3.8, 4) is 11.5 Å². The molecule has 0 aromatic heterocycles. The van der Waals surface area contributed by atoms with Gasteiger partial charge < -0.3 is 14.2 Å². The van der Waals surface area contributed by atoms with Crippen LogP contribution in [-0.4, -0.2) is 33.2 Å².